The Balaban J connectivity index is 2.53. The molecule has 5 nitrogen and oxygen atoms in total. The minimum atomic E-state index is -0.881. The van der Waals surface area contributed by atoms with Crippen LogP contribution in [0.1, 0.15) is 37.7 Å². The van der Waals surface area contributed by atoms with Crippen molar-refractivity contribution in [1.82, 2.24) is 0 Å². The lowest BCUT2D eigenvalue weighted by molar-refractivity contribution is -0.138. The number of nitrogens with one attached hydrogen (secondary N) is 1. The molecule has 5 heteroatoms. The number of unbranched alkanes of at least 4 members (excludes halogenated alkanes) is 1. The average Bonchev–Trinajstić information content (AvgIpc) is 2.43. The number of anilines is 1. The summed E-state index contributed by atoms with van der Waals surface area (Å²) >= 11 is 0. The molecule has 0 fully saturated rings. The summed E-state index contributed by atoms with van der Waals surface area (Å²) in [6, 6.07) is 6.94. The summed E-state index contributed by atoms with van der Waals surface area (Å²) in [6.07, 6.45) is 2.05. The monoisotopic (exact) mass is 279 g/mol. The lowest BCUT2D eigenvalue weighted by Gasteiger charge is -2.10. The standard InChI is InChI=1S/C15H21NO4/c1-11(15(18)19)12-6-5-7-13(10-12)16-14(17)8-3-4-9-20-2/h5-7,10-11H,3-4,8-9H2,1-2H3,(H,16,17)(H,18,19). The van der Waals surface area contributed by atoms with E-state index in [1.807, 2.05) is 0 Å². The fourth-order valence-corrected chi connectivity index (χ4v) is 1.78. The molecule has 0 saturated carbocycles. The predicted octanol–water partition coefficient (Wildman–Crippen LogP) is 2.63. The highest BCUT2D eigenvalue weighted by Gasteiger charge is 2.14. The first-order chi connectivity index (χ1) is 9.54. The average molecular weight is 279 g/mol. The number of amides is 1. The molecule has 0 aliphatic rings. The minimum Gasteiger partial charge on any atom is -0.481 e. The van der Waals surface area contributed by atoms with Crippen LogP contribution in [0.3, 0.4) is 0 Å². The number of carbonyl (C=O) groups excluding carboxylic acids is 1. The fourth-order valence-electron chi connectivity index (χ4n) is 1.78. The molecule has 0 aromatic heterocycles. The Labute approximate surface area is 118 Å². The van der Waals surface area contributed by atoms with Crippen molar-refractivity contribution >= 4 is 17.6 Å². The SMILES string of the molecule is COCCCCC(=O)Nc1cccc(C(C)C(=O)O)c1. The van der Waals surface area contributed by atoms with Gasteiger partial charge in [0.25, 0.3) is 0 Å². The van der Waals surface area contributed by atoms with Crippen LogP contribution in [0.15, 0.2) is 24.3 Å². The zero-order valence-corrected chi connectivity index (χ0v) is 11.9. The van der Waals surface area contributed by atoms with Gasteiger partial charge in [0.05, 0.1) is 5.92 Å². The van der Waals surface area contributed by atoms with Crippen LogP contribution < -0.4 is 5.32 Å². The fraction of sp³-hybridized carbons (Fsp3) is 0.467. The van der Waals surface area contributed by atoms with Crippen LogP contribution >= 0.6 is 0 Å². The molecule has 0 heterocycles. The van der Waals surface area contributed by atoms with E-state index in [2.05, 4.69) is 5.32 Å². The van der Waals surface area contributed by atoms with E-state index in [0.717, 1.165) is 12.8 Å². The minimum absolute atomic E-state index is 0.0683. The maximum Gasteiger partial charge on any atom is 0.310 e. The Morgan fingerprint density at radius 3 is 2.75 bits per heavy atom. The molecule has 110 valence electrons. The van der Waals surface area contributed by atoms with Gasteiger partial charge < -0.3 is 15.2 Å². The molecule has 0 saturated heterocycles. The molecule has 0 aliphatic heterocycles. The number of hydrogen-bond donors (Lipinski definition) is 2. The Morgan fingerprint density at radius 2 is 2.10 bits per heavy atom. The summed E-state index contributed by atoms with van der Waals surface area (Å²) in [5.41, 5.74) is 1.31. The van der Waals surface area contributed by atoms with E-state index in [1.54, 1.807) is 38.3 Å². The Bertz CT molecular complexity index is 459. The highest BCUT2D eigenvalue weighted by molar-refractivity contribution is 5.91. The van der Waals surface area contributed by atoms with Gasteiger partial charge in [0.1, 0.15) is 0 Å². The maximum atomic E-state index is 11.7. The summed E-state index contributed by atoms with van der Waals surface area (Å²) in [5, 5.41) is 11.8. The Hall–Kier alpha value is -1.88. The molecule has 0 spiro atoms. The zero-order chi connectivity index (χ0) is 15.0. The number of carboxylic acids is 1. The van der Waals surface area contributed by atoms with Crippen LogP contribution in [0.2, 0.25) is 0 Å². The largest absolute Gasteiger partial charge is 0.481 e. The van der Waals surface area contributed by atoms with Crippen molar-refractivity contribution in [2.24, 2.45) is 0 Å². The van der Waals surface area contributed by atoms with Crippen LogP contribution in [-0.2, 0) is 14.3 Å². The lowest BCUT2D eigenvalue weighted by atomic mass is 10.0. The maximum absolute atomic E-state index is 11.7. The van der Waals surface area contributed by atoms with Gasteiger partial charge in [0, 0.05) is 25.8 Å². The van der Waals surface area contributed by atoms with E-state index in [0.29, 0.717) is 24.3 Å². The third-order valence-corrected chi connectivity index (χ3v) is 3.04. The first kappa shape index (κ1) is 16.2. The number of aliphatic carboxylic acids is 1. The van der Waals surface area contributed by atoms with Gasteiger partial charge in [-0.25, -0.2) is 0 Å². The summed E-state index contributed by atoms with van der Waals surface area (Å²) in [6.45, 7) is 2.27. The van der Waals surface area contributed by atoms with Crippen LogP contribution in [0.4, 0.5) is 5.69 Å². The van der Waals surface area contributed by atoms with Gasteiger partial charge in [0.15, 0.2) is 0 Å². The van der Waals surface area contributed by atoms with Crippen molar-refractivity contribution in [3.63, 3.8) is 0 Å². The quantitative estimate of drug-likeness (QED) is 0.717. The normalized spacial score (nSPS) is 11.9. The van der Waals surface area contributed by atoms with E-state index in [4.69, 9.17) is 9.84 Å². The summed E-state index contributed by atoms with van der Waals surface area (Å²) in [5.74, 6) is -1.54. The van der Waals surface area contributed by atoms with Crippen molar-refractivity contribution in [2.75, 3.05) is 19.0 Å². The Kier molecular flexibility index (Phi) is 6.73. The van der Waals surface area contributed by atoms with Gasteiger partial charge in [-0.3, -0.25) is 9.59 Å². The van der Waals surface area contributed by atoms with E-state index >= 15 is 0 Å². The molecule has 2 N–H and O–H groups in total. The van der Waals surface area contributed by atoms with Gasteiger partial charge in [-0.2, -0.15) is 0 Å². The van der Waals surface area contributed by atoms with Crippen LogP contribution in [-0.4, -0.2) is 30.7 Å². The number of rotatable bonds is 8. The molecule has 1 unspecified atom stereocenters. The van der Waals surface area contributed by atoms with Crippen molar-refractivity contribution in [3.8, 4) is 0 Å². The second kappa shape index (κ2) is 8.32. The van der Waals surface area contributed by atoms with Crippen LogP contribution in [0, 0.1) is 0 Å². The van der Waals surface area contributed by atoms with Crippen molar-refractivity contribution in [2.45, 2.75) is 32.1 Å². The van der Waals surface area contributed by atoms with Crippen molar-refractivity contribution in [1.29, 1.82) is 0 Å². The second-order valence-electron chi connectivity index (χ2n) is 4.68. The van der Waals surface area contributed by atoms with E-state index in [1.165, 1.54) is 0 Å². The third kappa shape index (κ3) is 5.40. The van der Waals surface area contributed by atoms with Crippen molar-refractivity contribution in [3.05, 3.63) is 29.8 Å². The summed E-state index contributed by atoms with van der Waals surface area (Å²) in [7, 11) is 1.63. The predicted molar refractivity (Wildman–Crippen MR) is 76.8 cm³/mol. The topological polar surface area (TPSA) is 75.6 Å². The van der Waals surface area contributed by atoms with Gasteiger partial charge >= 0.3 is 5.97 Å². The second-order valence-corrected chi connectivity index (χ2v) is 4.68. The van der Waals surface area contributed by atoms with E-state index in [-0.39, 0.29) is 5.91 Å². The summed E-state index contributed by atoms with van der Waals surface area (Å²) in [4.78, 5) is 22.7. The number of hydrogen-bond acceptors (Lipinski definition) is 3. The van der Waals surface area contributed by atoms with E-state index < -0.39 is 11.9 Å². The Morgan fingerprint density at radius 1 is 1.35 bits per heavy atom. The molecule has 1 rings (SSSR count). The van der Waals surface area contributed by atoms with Crippen LogP contribution in [0.5, 0.6) is 0 Å². The molecule has 0 radical (unpaired) electrons. The zero-order valence-electron chi connectivity index (χ0n) is 11.9. The van der Waals surface area contributed by atoms with Crippen molar-refractivity contribution < 1.29 is 19.4 Å². The third-order valence-electron chi connectivity index (χ3n) is 3.04. The highest BCUT2D eigenvalue weighted by atomic mass is 16.5. The number of methoxy groups -OCH3 is 1. The smallest absolute Gasteiger partial charge is 0.310 e. The molecule has 1 aromatic rings. The first-order valence-electron chi connectivity index (χ1n) is 6.66. The molecule has 1 atom stereocenters. The molecule has 20 heavy (non-hydrogen) atoms. The van der Waals surface area contributed by atoms with Gasteiger partial charge in [-0.1, -0.05) is 12.1 Å². The number of benzene rings is 1. The number of carboxylic acid groups (broad SMARTS) is 1. The lowest BCUT2D eigenvalue weighted by Crippen LogP contribution is -2.12. The summed E-state index contributed by atoms with van der Waals surface area (Å²) < 4.78 is 4.92. The molecular weight excluding hydrogens is 258 g/mol. The van der Waals surface area contributed by atoms with E-state index in [9.17, 15) is 9.59 Å². The van der Waals surface area contributed by atoms with Gasteiger partial charge in [0.2, 0.25) is 5.91 Å². The molecular formula is C15H21NO4. The molecule has 1 aromatic carbocycles. The highest BCUT2D eigenvalue weighted by Crippen LogP contribution is 2.19. The molecule has 1 amide bonds. The molecule has 0 aliphatic carbocycles. The number of ether oxygens (including phenoxy) is 1. The van der Waals surface area contributed by atoms with Gasteiger partial charge in [-0.05, 0) is 37.5 Å². The van der Waals surface area contributed by atoms with Crippen LogP contribution in [0.25, 0.3) is 0 Å². The molecule has 0 bridgehead atoms. The first-order valence-corrected chi connectivity index (χ1v) is 6.66. The van der Waals surface area contributed by atoms with Gasteiger partial charge in [-0.15, -0.1) is 0 Å². The number of carbonyl (C=O) groups is 2.